The molecule has 0 aromatic carbocycles. The van der Waals surface area contributed by atoms with Crippen LogP contribution in [0.25, 0.3) is 0 Å². The van der Waals surface area contributed by atoms with E-state index in [1.807, 2.05) is 11.8 Å². The van der Waals surface area contributed by atoms with Crippen molar-refractivity contribution in [3.05, 3.63) is 0 Å². The lowest BCUT2D eigenvalue weighted by atomic mass is 10.00. The van der Waals surface area contributed by atoms with Crippen LogP contribution in [0, 0.1) is 5.92 Å². The Morgan fingerprint density at radius 1 is 1.36 bits per heavy atom. The average molecular weight is 197 g/mol. The molecule has 1 amide bonds. The van der Waals surface area contributed by atoms with Crippen LogP contribution in [0.4, 0.5) is 4.79 Å². The Balaban J connectivity index is 1.80. The second-order valence-corrected chi connectivity index (χ2v) is 4.99. The van der Waals surface area contributed by atoms with Crippen molar-refractivity contribution < 1.29 is 9.53 Å². The highest BCUT2D eigenvalue weighted by molar-refractivity contribution is 5.68. The number of hydrogen-bond donors (Lipinski definition) is 0. The van der Waals surface area contributed by atoms with E-state index < -0.39 is 0 Å². The molecule has 0 spiro atoms. The minimum absolute atomic E-state index is 0.100. The second-order valence-electron chi connectivity index (χ2n) is 4.99. The van der Waals surface area contributed by atoms with E-state index in [-0.39, 0.29) is 11.7 Å². The highest BCUT2D eigenvalue weighted by atomic mass is 16.6. The van der Waals surface area contributed by atoms with E-state index >= 15 is 0 Å². The smallest absolute Gasteiger partial charge is 0.410 e. The van der Waals surface area contributed by atoms with Gasteiger partial charge in [-0.15, -0.1) is 0 Å². The molecule has 0 bridgehead atoms. The maximum absolute atomic E-state index is 11.7. The second kappa shape index (κ2) is 3.44. The summed E-state index contributed by atoms with van der Waals surface area (Å²) in [5.41, 5.74) is -0.125. The van der Waals surface area contributed by atoms with E-state index in [4.69, 9.17) is 4.74 Å². The zero-order valence-corrected chi connectivity index (χ0v) is 9.08. The van der Waals surface area contributed by atoms with Crippen LogP contribution in [-0.2, 0) is 4.74 Å². The van der Waals surface area contributed by atoms with Gasteiger partial charge in [0.1, 0.15) is 5.60 Å². The van der Waals surface area contributed by atoms with Crippen molar-refractivity contribution in [3.8, 4) is 0 Å². The van der Waals surface area contributed by atoms with Gasteiger partial charge in [-0.25, -0.2) is 4.79 Å². The topological polar surface area (TPSA) is 29.5 Å². The summed E-state index contributed by atoms with van der Waals surface area (Å²) in [6.07, 6.45) is 4.20. The fourth-order valence-electron chi connectivity index (χ4n) is 1.74. The number of likely N-dealkylation sites (tertiary alicyclic amines) is 1. The van der Waals surface area contributed by atoms with Gasteiger partial charge >= 0.3 is 6.09 Å². The molecule has 3 nitrogen and oxygen atoms in total. The summed E-state index contributed by atoms with van der Waals surface area (Å²) >= 11 is 0. The van der Waals surface area contributed by atoms with Gasteiger partial charge in [0.15, 0.2) is 0 Å². The number of rotatable bonds is 1. The van der Waals surface area contributed by atoms with Gasteiger partial charge in [0, 0.05) is 13.1 Å². The first-order chi connectivity index (χ1) is 6.59. The van der Waals surface area contributed by atoms with Crippen LogP contribution < -0.4 is 0 Å². The molecule has 1 aliphatic carbocycles. The zero-order valence-electron chi connectivity index (χ0n) is 9.08. The molecule has 1 saturated carbocycles. The van der Waals surface area contributed by atoms with Crippen molar-refractivity contribution >= 4 is 6.09 Å². The van der Waals surface area contributed by atoms with Crippen LogP contribution in [0.1, 0.15) is 39.5 Å². The fourth-order valence-corrected chi connectivity index (χ4v) is 1.74. The number of amides is 1. The average Bonchev–Trinajstić information content (AvgIpc) is 2.84. The number of carbonyl (C=O) groups excluding carboxylic acids is 1. The maximum Gasteiger partial charge on any atom is 0.410 e. The summed E-state index contributed by atoms with van der Waals surface area (Å²) < 4.78 is 5.41. The summed E-state index contributed by atoms with van der Waals surface area (Å²) in [7, 11) is 0. The Labute approximate surface area is 85.4 Å². The summed E-state index contributed by atoms with van der Waals surface area (Å²) in [5.74, 6) is 0.760. The Bertz CT molecular complexity index is 227. The Morgan fingerprint density at radius 2 is 1.93 bits per heavy atom. The van der Waals surface area contributed by atoms with E-state index in [1.165, 1.54) is 0 Å². The van der Waals surface area contributed by atoms with E-state index in [0.29, 0.717) is 0 Å². The van der Waals surface area contributed by atoms with Gasteiger partial charge in [0.05, 0.1) is 0 Å². The lowest BCUT2D eigenvalue weighted by Gasteiger charge is -2.30. The highest BCUT2D eigenvalue weighted by Crippen LogP contribution is 2.39. The largest absolute Gasteiger partial charge is 0.443 e. The van der Waals surface area contributed by atoms with E-state index in [0.717, 1.165) is 44.7 Å². The molecule has 0 N–H and O–H groups in total. The molecular formula is C11H19NO2. The summed E-state index contributed by atoms with van der Waals surface area (Å²) in [4.78, 5) is 13.5. The van der Waals surface area contributed by atoms with Crippen molar-refractivity contribution in [3.63, 3.8) is 0 Å². The van der Waals surface area contributed by atoms with Crippen LogP contribution >= 0.6 is 0 Å². The molecule has 2 rings (SSSR count). The minimum Gasteiger partial charge on any atom is -0.443 e. The van der Waals surface area contributed by atoms with Crippen molar-refractivity contribution in [2.45, 2.75) is 45.1 Å². The van der Waals surface area contributed by atoms with E-state index in [2.05, 4.69) is 6.92 Å². The molecule has 80 valence electrons. The van der Waals surface area contributed by atoms with Crippen LogP contribution in [0.15, 0.2) is 0 Å². The third-order valence-electron chi connectivity index (χ3n) is 3.33. The number of hydrogen-bond acceptors (Lipinski definition) is 2. The first kappa shape index (κ1) is 9.81. The highest BCUT2D eigenvalue weighted by Gasteiger charge is 2.42. The van der Waals surface area contributed by atoms with Gasteiger partial charge in [0.2, 0.25) is 0 Å². The summed E-state index contributed by atoms with van der Waals surface area (Å²) in [6.45, 7) is 5.99. The molecule has 1 saturated heterocycles. The van der Waals surface area contributed by atoms with Crippen LogP contribution in [-0.4, -0.2) is 29.7 Å². The zero-order chi connectivity index (χ0) is 10.2. The molecule has 0 radical (unpaired) electrons. The monoisotopic (exact) mass is 197 g/mol. The molecule has 2 aliphatic rings. The molecule has 2 fully saturated rings. The molecule has 0 atom stereocenters. The van der Waals surface area contributed by atoms with Crippen molar-refractivity contribution in [1.82, 2.24) is 4.90 Å². The van der Waals surface area contributed by atoms with Crippen molar-refractivity contribution in [1.29, 1.82) is 0 Å². The van der Waals surface area contributed by atoms with E-state index in [9.17, 15) is 4.79 Å². The van der Waals surface area contributed by atoms with Crippen LogP contribution in [0.3, 0.4) is 0 Å². The van der Waals surface area contributed by atoms with Crippen molar-refractivity contribution in [2.24, 2.45) is 5.92 Å². The van der Waals surface area contributed by atoms with Gasteiger partial charge in [-0.3, -0.25) is 0 Å². The minimum atomic E-state index is -0.125. The lowest BCUT2D eigenvalue weighted by Crippen LogP contribution is -2.39. The molecule has 1 heterocycles. The van der Waals surface area contributed by atoms with Gasteiger partial charge in [-0.2, -0.15) is 0 Å². The molecule has 1 aliphatic heterocycles. The molecule has 0 aromatic rings. The SMILES string of the molecule is CC1CCN(C(=O)OC2(C)CC2)CC1. The van der Waals surface area contributed by atoms with Crippen molar-refractivity contribution in [2.75, 3.05) is 13.1 Å². The predicted molar refractivity (Wildman–Crippen MR) is 54.1 cm³/mol. The quantitative estimate of drug-likeness (QED) is 0.646. The maximum atomic E-state index is 11.7. The number of carbonyl (C=O) groups is 1. The normalized spacial score (nSPS) is 26.0. The molecule has 0 aromatic heterocycles. The first-order valence-electron chi connectivity index (χ1n) is 5.57. The number of piperidine rings is 1. The van der Waals surface area contributed by atoms with Gasteiger partial charge in [0.25, 0.3) is 0 Å². The third-order valence-corrected chi connectivity index (χ3v) is 3.33. The molecule has 0 unspecified atom stereocenters. The predicted octanol–water partition coefficient (Wildman–Crippen LogP) is 2.41. The van der Waals surface area contributed by atoms with Gasteiger partial charge < -0.3 is 9.64 Å². The fraction of sp³-hybridized carbons (Fsp3) is 0.909. The van der Waals surface area contributed by atoms with E-state index in [1.54, 1.807) is 0 Å². The summed E-state index contributed by atoms with van der Waals surface area (Å²) in [5, 5.41) is 0. The molecule has 3 heteroatoms. The van der Waals surface area contributed by atoms with Crippen LogP contribution in [0.5, 0.6) is 0 Å². The first-order valence-corrected chi connectivity index (χ1v) is 5.57. The number of ether oxygens (including phenoxy) is 1. The number of nitrogens with zero attached hydrogens (tertiary/aromatic N) is 1. The third kappa shape index (κ3) is 2.20. The lowest BCUT2D eigenvalue weighted by molar-refractivity contribution is 0.0499. The van der Waals surface area contributed by atoms with Gasteiger partial charge in [-0.1, -0.05) is 6.92 Å². The molecule has 14 heavy (non-hydrogen) atoms. The van der Waals surface area contributed by atoms with Gasteiger partial charge in [-0.05, 0) is 38.5 Å². The summed E-state index contributed by atoms with van der Waals surface area (Å²) in [6, 6.07) is 0. The Hall–Kier alpha value is -0.730. The van der Waals surface area contributed by atoms with Crippen LogP contribution in [0.2, 0.25) is 0 Å². The Morgan fingerprint density at radius 3 is 2.43 bits per heavy atom. The Kier molecular flexibility index (Phi) is 2.41. The molecular weight excluding hydrogens is 178 g/mol. The standard InChI is InChI=1S/C11H19NO2/c1-9-3-7-12(8-4-9)10(13)14-11(2)5-6-11/h9H,3-8H2,1-2H3.